The van der Waals surface area contributed by atoms with Crippen LogP contribution in [0.15, 0.2) is 0 Å². The molecular weight excluding hydrogens is 56.8 g/mol. The quantitative estimate of drug-likeness (QED) is 0.304. The van der Waals surface area contributed by atoms with Crippen LogP contribution < -0.4 is 6.15 Å². The molecule has 0 aromatic rings. The van der Waals surface area contributed by atoms with Crippen molar-refractivity contribution < 1.29 is 10.0 Å². The number of hydrogen-bond donors (Lipinski definition) is 3. The minimum Gasteiger partial charge on any atom is -0.429 e. The van der Waals surface area contributed by atoms with Crippen molar-refractivity contribution in [3.05, 3.63) is 0 Å². The van der Waals surface area contributed by atoms with Crippen LogP contribution in [0, 0.1) is 0 Å². The first-order valence-corrected chi connectivity index (χ1v) is 0.516. The first kappa shape index (κ1) is 9.04. The molecule has 0 rings (SSSR count). The fourth-order valence-electron chi connectivity index (χ4n) is 0. The van der Waals surface area contributed by atoms with Gasteiger partial charge in [0.05, 0.1) is 0 Å². The molecule has 0 aliphatic heterocycles. The average Bonchev–Trinajstić information content (AvgIpc) is 0.918. The Bertz CT molecular complexity index is 6.00. The Morgan fingerprint density at radius 3 is 1.25 bits per heavy atom. The Kier molecular flexibility index (Phi) is 28.2. The minimum absolute atomic E-state index is 0. The van der Waals surface area contributed by atoms with E-state index in [-0.39, 0.29) is 13.8 Å². The zero-order chi connectivity index (χ0) is 2.71. The lowest BCUT2D eigenvalue weighted by atomic mass is 10.5. The molecule has 3 nitrogen and oxygen atoms in total. The van der Waals surface area contributed by atoms with Gasteiger partial charge in [-0.3, -0.25) is 0 Å². The van der Waals surface area contributed by atoms with Crippen LogP contribution >= 0.6 is 0 Å². The Balaban J connectivity index is 0. The highest BCUT2D eigenvalue weighted by molar-refractivity contribution is 6.13. The Morgan fingerprint density at radius 1 is 1.25 bits per heavy atom. The number of hydrogen-bond acceptors (Lipinski definition) is 3. The standard InChI is InChI=1S/BH2O2.H3N/c2-1-3;/h2-3H;1H3. The summed E-state index contributed by atoms with van der Waals surface area (Å²) in [5.41, 5.74) is 0. The molecular formula is H5BNO2. The molecule has 0 unspecified atom stereocenters. The van der Waals surface area contributed by atoms with Crippen LogP contribution in [0.5, 0.6) is 0 Å². The number of rotatable bonds is 0. The first-order chi connectivity index (χ1) is 1.41. The van der Waals surface area contributed by atoms with Crippen molar-refractivity contribution in [2.45, 2.75) is 0 Å². The van der Waals surface area contributed by atoms with E-state index in [1.165, 1.54) is 0 Å². The summed E-state index contributed by atoms with van der Waals surface area (Å²) in [4.78, 5) is 0. The van der Waals surface area contributed by atoms with E-state index in [1.807, 2.05) is 0 Å². The average molecular weight is 61.9 g/mol. The Labute approximate surface area is 25.2 Å². The molecule has 0 aliphatic carbocycles. The van der Waals surface area contributed by atoms with Gasteiger partial charge >= 0.3 is 7.69 Å². The molecule has 1 radical (unpaired) electrons. The van der Waals surface area contributed by atoms with Crippen LogP contribution in [0.3, 0.4) is 0 Å². The highest BCUT2D eigenvalue weighted by Gasteiger charge is 1.51. The van der Waals surface area contributed by atoms with Crippen molar-refractivity contribution in [3.63, 3.8) is 0 Å². The monoisotopic (exact) mass is 62.0 g/mol. The van der Waals surface area contributed by atoms with Gasteiger partial charge in [0.25, 0.3) is 0 Å². The molecule has 0 bridgehead atoms. The maximum Gasteiger partial charge on any atom is 0.482 e. The van der Waals surface area contributed by atoms with Crippen molar-refractivity contribution in [2.24, 2.45) is 0 Å². The fraction of sp³-hybridized carbons (Fsp3) is 0. The molecule has 0 saturated carbocycles. The molecule has 0 heterocycles. The lowest BCUT2D eigenvalue weighted by Gasteiger charge is -1.46. The van der Waals surface area contributed by atoms with Crippen LogP contribution in [-0.2, 0) is 0 Å². The van der Waals surface area contributed by atoms with Gasteiger partial charge in [-0.1, -0.05) is 0 Å². The van der Waals surface area contributed by atoms with Gasteiger partial charge in [0.2, 0.25) is 0 Å². The summed E-state index contributed by atoms with van der Waals surface area (Å²) >= 11 is 0. The molecule has 0 saturated heterocycles. The predicted octanol–water partition coefficient (Wildman–Crippen LogP) is -1.33. The van der Waals surface area contributed by atoms with Gasteiger partial charge in [-0.25, -0.2) is 0 Å². The van der Waals surface area contributed by atoms with E-state index >= 15 is 0 Å². The lowest BCUT2D eigenvalue weighted by molar-refractivity contribution is 0.448. The first-order valence-electron chi connectivity index (χ1n) is 0.516. The topological polar surface area (TPSA) is 75.5 Å². The summed E-state index contributed by atoms with van der Waals surface area (Å²) in [6.45, 7) is 0. The van der Waals surface area contributed by atoms with E-state index in [0.717, 1.165) is 0 Å². The van der Waals surface area contributed by atoms with Gasteiger partial charge in [-0.2, -0.15) is 0 Å². The van der Waals surface area contributed by atoms with Crippen molar-refractivity contribution in [1.82, 2.24) is 6.15 Å². The molecule has 0 spiro atoms. The van der Waals surface area contributed by atoms with E-state index in [1.54, 1.807) is 0 Å². The molecule has 0 aliphatic rings. The van der Waals surface area contributed by atoms with Crippen LogP contribution in [0.4, 0.5) is 0 Å². The second kappa shape index (κ2) is 12.5. The van der Waals surface area contributed by atoms with E-state index in [4.69, 9.17) is 10.0 Å². The van der Waals surface area contributed by atoms with Gasteiger partial charge in [-0.05, 0) is 0 Å². The molecule has 0 aromatic heterocycles. The lowest BCUT2D eigenvalue weighted by Crippen LogP contribution is -1.75. The molecule has 4 heteroatoms. The third-order valence-corrected chi connectivity index (χ3v) is 0. The van der Waals surface area contributed by atoms with Crippen LogP contribution in [0.25, 0.3) is 0 Å². The predicted molar refractivity (Wildman–Crippen MR) is 15.2 cm³/mol. The van der Waals surface area contributed by atoms with Gasteiger partial charge in [-0.15, -0.1) is 0 Å². The molecule has 0 fully saturated rings. The van der Waals surface area contributed by atoms with Crippen LogP contribution in [0.2, 0.25) is 0 Å². The summed E-state index contributed by atoms with van der Waals surface area (Å²) in [5.74, 6) is 0. The van der Waals surface area contributed by atoms with Crippen molar-refractivity contribution in [1.29, 1.82) is 0 Å². The van der Waals surface area contributed by atoms with Crippen molar-refractivity contribution in [2.75, 3.05) is 0 Å². The molecule has 0 aromatic carbocycles. The third-order valence-electron chi connectivity index (χ3n) is 0. The normalized spacial score (nSPS) is 3.50. The summed E-state index contributed by atoms with van der Waals surface area (Å²) in [5, 5.41) is 14.0. The molecule has 5 N–H and O–H groups in total. The SMILES string of the molecule is N.O[B]O. The molecule has 25 valence electrons. The maximum atomic E-state index is 7.00. The van der Waals surface area contributed by atoms with Crippen molar-refractivity contribution >= 4 is 7.69 Å². The summed E-state index contributed by atoms with van der Waals surface area (Å²) in [6, 6.07) is 0. The maximum absolute atomic E-state index is 7.00. The summed E-state index contributed by atoms with van der Waals surface area (Å²) in [6.07, 6.45) is 0. The zero-order valence-corrected chi connectivity index (χ0v) is 2.18. The fourth-order valence-corrected chi connectivity index (χ4v) is 0. The zero-order valence-electron chi connectivity index (χ0n) is 2.18. The van der Waals surface area contributed by atoms with Crippen LogP contribution in [-0.4, -0.2) is 17.7 Å². The third kappa shape index (κ3) is 573. The minimum atomic E-state index is 0. The highest BCUT2D eigenvalue weighted by Crippen LogP contribution is 1.08. The smallest absolute Gasteiger partial charge is 0.429 e. The Morgan fingerprint density at radius 2 is 1.25 bits per heavy atom. The second-order valence-electron chi connectivity index (χ2n) is 0.115. The summed E-state index contributed by atoms with van der Waals surface area (Å²) < 4.78 is 0. The second-order valence-corrected chi connectivity index (χ2v) is 0.115. The molecule has 0 amide bonds. The summed E-state index contributed by atoms with van der Waals surface area (Å²) in [7, 11) is 0. The van der Waals surface area contributed by atoms with Gasteiger partial charge in [0.1, 0.15) is 0 Å². The highest BCUT2D eigenvalue weighted by atomic mass is 16.4. The largest absolute Gasteiger partial charge is 0.482 e. The van der Waals surface area contributed by atoms with E-state index < -0.39 is 0 Å². The molecule has 0 atom stereocenters. The molecule has 4 heavy (non-hydrogen) atoms. The van der Waals surface area contributed by atoms with E-state index in [0.29, 0.717) is 0 Å². The van der Waals surface area contributed by atoms with E-state index in [2.05, 4.69) is 0 Å². The Hall–Kier alpha value is -0.0551. The van der Waals surface area contributed by atoms with E-state index in [9.17, 15) is 0 Å². The van der Waals surface area contributed by atoms with Gasteiger partial charge in [0, 0.05) is 0 Å². The van der Waals surface area contributed by atoms with Gasteiger partial charge < -0.3 is 16.2 Å². The van der Waals surface area contributed by atoms with Crippen LogP contribution in [0.1, 0.15) is 0 Å². The van der Waals surface area contributed by atoms with Gasteiger partial charge in [0.15, 0.2) is 0 Å². The van der Waals surface area contributed by atoms with Crippen molar-refractivity contribution in [3.8, 4) is 0 Å².